The normalized spacial score (nSPS) is 11.3. The molecule has 0 aliphatic carbocycles. The van der Waals surface area contributed by atoms with Gasteiger partial charge < -0.3 is 5.11 Å². The van der Waals surface area contributed by atoms with Gasteiger partial charge in [0.1, 0.15) is 10.8 Å². The van der Waals surface area contributed by atoms with Gasteiger partial charge in [0.05, 0.1) is 15.8 Å². The fourth-order valence-corrected chi connectivity index (χ4v) is 6.21. The molecule has 0 aliphatic heterocycles. The molecular weight excluding hydrogens is 482 g/mol. The van der Waals surface area contributed by atoms with Crippen LogP contribution in [0.5, 0.6) is 5.75 Å². The number of fused-ring (bicyclic) bond motifs is 2. The van der Waals surface area contributed by atoms with E-state index in [4.69, 9.17) is 4.98 Å². The predicted octanol–water partition coefficient (Wildman–Crippen LogP) is 9.82. The number of benzene rings is 6. The van der Waals surface area contributed by atoms with Crippen LogP contribution in [0.3, 0.4) is 0 Å². The van der Waals surface area contributed by atoms with Gasteiger partial charge in [0.2, 0.25) is 0 Å². The molecular formula is C35H23NOS. The molecule has 38 heavy (non-hydrogen) atoms. The molecule has 0 fully saturated rings. The Balaban J connectivity index is 1.49. The van der Waals surface area contributed by atoms with Gasteiger partial charge in [-0.1, -0.05) is 103 Å². The Hall–Kier alpha value is -4.73. The van der Waals surface area contributed by atoms with E-state index in [1.807, 2.05) is 24.3 Å². The van der Waals surface area contributed by atoms with E-state index in [9.17, 15) is 5.11 Å². The van der Waals surface area contributed by atoms with Crippen molar-refractivity contribution < 1.29 is 5.11 Å². The lowest BCUT2D eigenvalue weighted by molar-refractivity contribution is 0.477. The molecule has 7 aromatic rings. The minimum absolute atomic E-state index is 0.244. The second kappa shape index (κ2) is 9.29. The Morgan fingerprint density at radius 1 is 0.500 bits per heavy atom. The molecule has 3 heteroatoms. The number of rotatable bonds is 4. The minimum atomic E-state index is 0.244. The Morgan fingerprint density at radius 2 is 1.16 bits per heavy atom. The van der Waals surface area contributed by atoms with Crippen LogP contribution < -0.4 is 0 Å². The molecule has 0 saturated heterocycles. The highest BCUT2D eigenvalue weighted by Crippen LogP contribution is 2.43. The minimum Gasteiger partial charge on any atom is -0.507 e. The number of aromatic nitrogens is 1. The summed E-state index contributed by atoms with van der Waals surface area (Å²) in [5.41, 5.74) is 8.65. The van der Waals surface area contributed by atoms with Crippen LogP contribution >= 0.6 is 11.3 Å². The summed E-state index contributed by atoms with van der Waals surface area (Å²) < 4.78 is 1.09. The van der Waals surface area contributed by atoms with Crippen molar-refractivity contribution in [3.8, 4) is 49.7 Å². The van der Waals surface area contributed by atoms with Crippen LogP contribution in [0.15, 0.2) is 133 Å². The Labute approximate surface area is 225 Å². The molecule has 1 N–H and O–H groups in total. The van der Waals surface area contributed by atoms with E-state index >= 15 is 0 Å². The van der Waals surface area contributed by atoms with E-state index in [1.54, 1.807) is 17.4 Å². The second-order valence-electron chi connectivity index (χ2n) is 9.38. The maximum atomic E-state index is 10.6. The SMILES string of the molecule is Oc1ccccc1-c1nc2c(-c3cccc4ccccc34)cc(-c3cccc(-c4ccccc4)c3)cc2s1. The van der Waals surface area contributed by atoms with Gasteiger partial charge in [-0.15, -0.1) is 11.3 Å². The Morgan fingerprint density at radius 3 is 2.03 bits per heavy atom. The van der Waals surface area contributed by atoms with E-state index in [2.05, 4.69) is 103 Å². The maximum absolute atomic E-state index is 10.6. The summed E-state index contributed by atoms with van der Waals surface area (Å²) in [7, 11) is 0. The molecule has 0 bridgehead atoms. The van der Waals surface area contributed by atoms with Gasteiger partial charge in [-0.3, -0.25) is 0 Å². The average molecular weight is 506 g/mol. The largest absolute Gasteiger partial charge is 0.507 e. The zero-order valence-electron chi connectivity index (χ0n) is 20.5. The number of thiazole rings is 1. The number of hydrogen-bond donors (Lipinski definition) is 1. The van der Waals surface area contributed by atoms with Crippen LogP contribution in [-0.2, 0) is 0 Å². The number of phenolic OH excluding ortho intramolecular Hbond substituents is 1. The fourth-order valence-electron chi connectivity index (χ4n) is 5.14. The fraction of sp³-hybridized carbons (Fsp3) is 0. The van der Waals surface area contributed by atoms with Crippen molar-refractivity contribution in [1.29, 1.82) is 0 Å². The topological polar surface area (TPSA) is 33.1 Å². The Kier molecular flexibility index (Phi) is 5.49. The molecule has 0 spiro atoms. The van der Waals surface area contributed by atoms with Crippen molar-refractivity contribution in [1.82, 2.24) is 4.98 Å². The van der Waals surface area contributed by atoms with Gasteiger partial charge >= 0.3 is 0 Å². The highest BCUT2D eigenvalue weighted by molar-refractivity contribution is 7.21. The molecule has 0 amide bonds. The zero-order valence-corrected chi connectivity index (χ0v) is 21.3. The molecule has 6 aromatic carbocycles. The summed E-state index contributed by atoms with van der Waals surface area (Å²) in [5, 5.41) is 13.8. The number of phenols is 1. The summed E-state index contributed by atoms with van der Waals surface area (Å²) in [4.78, 5) is 5.09. The summed E-state index contributed by atoms with van der Waals surface area (Å²) in [6.07, 6.45) is 0. The molecule has 0 saturated carbocycles. The second-order valence-corrected chi connectivity index (χ2v) is 10.4. The maximum Gasteiger partial charge on any atom is 0.128 e. The first-order valence-electron chi connectivity index (χ1n) is 12.6. The predicted molar refractivity (Wildman–Crippen MR) is 161 cm³/mol. The van der Waals surface area contributed by atoms with Crippen LogP contribution in [-0.4, -0.2) is 10.1 Å². The van der Waals surface area contributed by atoms with E-state index in [0.29, 0.717) is 0 Å². The third-order valence-electron chi connectivity index (χ3n) is 7.01. The number of nitrogens with zero attached hydrogens (tertiary/aromatic N) is 1. The van der Waals surface area contributed by atoms with Crippen LogP contribution in [0.25, 0.3) is 64.9 Å². The quantitative estimate of drug-likeness (QED) is 0.258. The Bertz CT molecular complexity index is 1930. The van der Waals surface area contributed by atoms with Crippen molar-refractivity contribution in [3.63, 3.8) is 0 Å². The summed E-state index contributed by atoms with van der Waals surface area (Å²) in [6.45, 7) is 0. The lowest BCUT2D eigenvalue weighted by Crippen LogP contribution is -1.87. The van der Waals surface area contributed by atoms with Crippen molar-refractivity contribution in [2.24, 2.45) is 0 Å². The highest BCUT2D eigenvalue weighted by atomic mass is 32.1. The van der Waals surface area contributed by atoms with Crippen LogP contribution in [0.4, 0.5) is 0 Å². The number of hydrogen-bond acceptors (Lipinski definition) is 3. The lowest BCUT2D eigenvalue weighted by Gasteiger charge is -2.11. The van der Waals surface area contributed by atoms with Crippen LogP contribution in [0, 0.1) is 0 Å². The van der Waals surface area contributed by atoms with E-state index in [0.717, 1.165) is 43.0 Å². The lowest BCUT2D eigenvalue weighted by atomic mass is 9.93. The summed E-state index contributed by atoms with van der Waals surface area (Å²) in [5.74, 6) is 0.244. The van der Waals surface area contributed by atoms with E-state index < -0.39 is 0 Å². The average Bonchev–Trinajstić information content (AvgIpc) is 3.41. The van der Waals surface area contributed by atoms with Crippen molar-refractivity contribution in [2.45, 2.75) is 0 Å². The smallest absolute Gasteiger partial charge is 0.128 e. The highest BCUT2D eigenvalue weighted by Gasteiger charge is 2.17. The monoisotopic (exact) mass is 505 g/mol. The molecule has 1 aromatic heterocycles. The van der Waals surface area contributed by atoms with Gasteiger partial charge in [0.15, 0.2) is 0 Å². The third kappa shape index (κ3) is 3.94. The molecule has 2 nitrogen and oxygen atoms in total. The third-order valence-corrected chi connectivity index (χ3v) is 8.05. The van der Waals surface area contributed by atoms with Gasteiger partial charge in [0.25, 0.3) is 0 Å². The number of para-hydroxylation sites is 1. The molecule has 0 aliphatic rings. The van der Waals surface area contributed by atoms with Crippen molar-refractivity contribution in [3.05, 3.63) is 133 Å². The molecule has 7 rings (SSSR count). The van der Waals surface area contributed by atoms with Crippen molar-refractivity contribution >= 4 is 32.3 Å². The first-order valence-corrected chi connectivity index (χ1v) is 13.4. The van der Waals surface area contributed by atoms with Crippen molar-refractivity contribution in [2.75, 3.05) is 0 Å². The van der Waals surface area contributed by atoms with Crippen LogP contribution in [0.1, 0.15) is 0 Å². The summed E-state index contributed by atoms with van der Waals surface area (Å²) in [6, 6.07) is 46.0. The standard InChI is InChI=1S/C35H23NOS/c37-32-19-7-6-17-30(32)35-36-34-31(29-18-9-13-24-12-4-5-16-28(24)29)21-27(22-33(34)38-35)26-15-8-14-25(20-26)23-10-2-1-3-11-23/h1-22,37H. The molecule has 0 unspecified atom stereocenters. The first kappa shape index (κ1) is 22.5. The van der Waals surface area contributed by atoms with Crippen LogP contribution in [0.2, 0.25) is 0 Å². The molecule has 0 radical (unpaired) electrons. The summed E-state index contributed by atoms with van der Waals surface area (Å²) >= 11 is 1.62. The van der Waals surface area contributed by atoms with Gasteiger partial charge in [0, 0.05) is 5.56 Å². The zero-order chi connectivity index (χ0) is 25.5. The molecule has 180 valence electrons. The first-order chi connectivity index (χ1) is 18.7. The van der Waals surface area contributed by atoms with E-state index in [-0.39, 0.29) is 5.75 Å². The number of aromatic hydroxyl groups is 1. The van der Waals surface area contributed by atoms with Gasteiger partial charge in [-0.25, -0.2) is 4.98 Å². The van der Waals surface area contributed by atoms with Gasteiger partial charge in [-0.05, 0) is 68.9 Å². The van der Waals surface area contributed by atoms with Gasteiger partial charge in [-0.2, -0.15) is 0 Å². The van der Waals surface area contributed by atoms with E-state index in [1.165, 1.54) is 21.9 Å². The molecule has 1 heterocycles. The molecule has 0 atom stereocenters.